The van der Waals surface area contributed by atoms with Gasteiger partial charge in [0.15, 0.2) is 0 Å². The van der Waals surface area contributed by atoms with Crippen LogP contribution in [0.5, 0.6) is 6.01 Å². The molecule has 2 rings (SSSR count). The average molecular weight is 238 g/mol. The maximum Gasteiger partial charge on any atom is 0.321 e. The van der Waals surface area contributed by atoms with E-state index in [9.17, 15) is 0 Å². The molecule has 84 valence electrons. The Kier molecular flexibility index (Phi) is 2.91. The molecule has 0 unspecified atom stereocenters. The van der Waals surface area contributed by atoms with Crippen LogP contribution in [0.15, 0.2) is 22.4 Å². The molecule has 0 saturated heterocycles. The number of ether oxygens (including phenoxy) is 1. The van der Waals surface area contributed by atoms with E-state index in [1.807, 2.05) is 13.2 Å². The summed E-state index contributed by atoms with van der Waals surface area (Å²) in [5, 5.41) is 4.52. The van der Waals surface area contributed by atoms with Crippen molar-refractivity contribution in [2.75, 3.05) is 12.8 Å². The molecule has 16 heavy (non-hydrogen) atoms. The minimum absolute atomic E-state index is 0.137. The summed E-state index contributed by atoms with van der Waals surface area (Å²) in [5.41, 5.74) is 5.52. The van der Waals surface area contributed by atoms with E-state index in [4.69, 9.17) is 10.5 Å². The van der Waals surface area contributed by atoms with E-state index >= 15 is 0 Å². The van der Waals surface area contributed by atoms with Gasteiger partial charge in [0.1, 0.15) is 0 Å². The summed E-state index contributed by atoms with van der Waals surface area (Å²) in [4.78, 5) is 12.8. The molecule has 0 fully saturated rings. The number of hydrogen-bond acceptors (Lipinski definition) is 7. The molecule has 0 amide bonds. The smallest absolute Gasteiger partial charge is 0.321 e. The van der Waals surface area contributed by atoms with Crippen molar-refractivity contribution >= 4 is 17.7 Å². The predicted octanol–water partition coefficient (Wildman–Crippen LogP) is 0.347. The zero-order valence-electron chi connectivity index (χ0n) is 8.78. The van der Waals surface area contributed by atoms with Gasteiger partial charge in [-0.05, 0) is 11.8 Å². The Bertz CT molecular complexity index is 499. The third-order valence-corrected chi connectivity index (χ3v) is 2.50. The average Bonchev–Trinajstić information content (AvgIpc) is 2.63. The summed E-state index contributed by atoms with van der Waals surface area (Å²) >= 11 is 1.35. The van der Waals surface area contributed by atoms with Gasteiger partial charge < -0.3 is 10.5 Å². The molecule has 0 spiro atoms. The van der Waals surface area contributed by atoms with Crippen molar-refractivity contribution in [3.8, 4) is 6.01 Å². The Balaban J connectivity index is 2.24. The van der Waals surface area contributed by atoms with Gasteiger partial charge in [-0.1, -0.05) is 0 Å². The first kappa shape index (κ1) is 10.7. The predicted molar refractivity (Wildman–Crippen MR) is 58.1 cm³/mol. The topological polar surface area (TPSA) is 91.7 Å². The largest absolute Gasteiger partial charge is 0.467 e. The molecule has 2 aromatic heterocycles. The number of aromatic nitrogens is 5. The second-order valence-electron chi connectivity index (χ2n) is 2.91. The van der Waals surface area contributed by atoms with Gasteiger partial charge in [-0.3, -0.25) is 4.68 Å². The van der Waals surface area contributed by atoms with E-state index in [2.05, 4.69) is 20.1 Å². The van der Waals surface area contributed by atoms with Crippen molar-refractivity contribution in [2.24, 2.45) is 7.05 Å². The highest BCUT2D eigenvalue weighted by Crippen LogP contribution is 2.24. The molecule has 7 nitrogen and oxygen atoms in total. The van der Waals surface area contributed by atoms with Crippen LogP contribution in [0.25, 0.3) is 0 Å². The van der Waals surface area contributed by atoms with Crippen LogP contribution in [0.1, 0.15) is 0 Å². The van der Waals surface area contributed by atoms with Crippen LogP contribution in [0.4, 0.5) is 5.95 Å². The van der Waals surface area contributed by atoms with Crippen molar-refractivity contribution in [3.63, 3.8) is 0 Å². The standard InChI is InChI=1S/C8H10N6OS/c1-14-4-5(3-10-14)16-8-12-6(9)11-7(13-8)15-2/h3-4H,1-2H3,(H2,9,11,12,13). The van der Waals surface area contributed by atoms with Gasteiger partial charge in [0, 0.05) is 13.2 Å². The summed E-state index contributed by atoms with van der Waals surface area (Å²) in [7, 11) is 3.32. The van der Waals surface area contributed by atoms with Crippen LogP contribution in [-0.4, -0.2) is 31.8 Å². The van der Waals surface area contributed by atoms with E-state index in [0.29, 0.717) is 5.16 Å². The van der Waals surface area contributed by atoms with Crippen molar-refractivity contribution in [2.45, 2.75) is 10.1 Å². The van der Waals surface area contributed by atoms with Crippen molar-refractivity contribution in [1.29, 1.82) is 0 Å². The van der Waals surface area contributed by atoms with E-state index < -0.39 is 0 Å². The highest BCUT2D eigenvalue weighted by Gasteiger charge is 2.07. The third-order valence-electron chi connectivity index (χ3n) is 1.68. The number of hydrogen-bond donors (Lipinski definition) is 1. The fraction of sp³-hybridized carbons (Fsp3) is 0.250. The summed E-state index contributed by atoms with van der Waals surface area (Å²) in [6, 6.07) is 0.207. The maximum atomic E-state index is 5.52. The molecule has 2 N–H and O–H groups in total. The first-order chi connectivity index (χ1) is 7.67. The number of rotatable bonds is 3. The Morgan fingerprint density at radius 3 is 2.81 bits per heavy atom. The Morgan fingerprint density at radius 1 is 1.38 bits per heavy atom. The first-order valence-corrected chi connectivity index (χ1v) is 5.21. The highest BCUT2D eigenvalue weighted by atomic mass is 32.2. The number of methoxy groups -OCH3 is 1. The van der Waals surface area contributed by atoms with Crippen LogP contribution in [0.2, 0.25) is 0 Å². The lowest BCUT2D eigenvalue weighted by Gasteiger charge is -2.01. The molecule has 2 heterocycles. The van der Waals surface area contributed by atoms with Gasteiger partial charge >= 0.3 is 6.01 Å². The number of nitrogen functional groups attached to an aromatic ring is 1. The van der Waals surface area contributed by atoms with Gasteiger partial charge in [-0.2, -0.15) is 20.1 Å². The van der Waals surface area contributed by atoms with Crippen LogP contribution in [0, 0.1) is 0 Å². The Morgan fingerprint density at radius 2 is 2.19 bits per heavy atom. The second-order valence-corrected chi connectivity index (χ2v) is 3.96. The number of anilines is 1. The molecule has 0 radical (unpaired) electrons. The summed E-state index contributed by atoms with van der Waals surface area (Å²) < 4.78 is 6.60. The number of aryl methyl sites for hydroxylation is 1. The summed E-state index contributed by atoms with van der Waals surface area (Å²) in [6.45, 7) is 0. The van der Waals surface area contributed by atoms with Crippen molar-refractivity contribution in [1.82, 2.24) is 24.7 Å². The molecular weight excluding hydrogens is 228 g/mol. The first-order valence-electron chi connectivity index (χ1n) is 4.39. The van der Waals surface area contributed by atoms with Crippen LogP contribution < -0.4 is 10.5 Å². The van der Waals surface area contributed by atoms with E-state index in [1.165, 1.54) is 18.9 Å². The summed E-state index contributed by atoms with van der Waals surface area (Å²) in [5.74, 6) is 0.137. The molecule has 0 aromatic carbocycles. The van der Waals surface area contributed by atoms with Gasteiger partial charge in [-0.25, -0.2) is 0 Å². The minimum Gasteiger partial charge on any atom is -0.467 e. The molecule has 0 aliphatic rings. The maximum absolute atomic E-state index is 5.52. The van der Waals surface area contributed by atoms with E-state index in [1.54, 1.807) is 10.9 Å². The molecule has 0 aliphatic carbocycles. The van der Waals surface area contributed by atoms with Crippen molar-refractivity contribution < 1.29 is 4.74 Å². The zero-order valence-corrected chi connectivity index (χ0v) is 9.60. The van der Waals surface area contributed by atoms with Gasteiger partial charge in [0.05, 0.1) is 18.2 Å². The lowest BCUT2D eigenvalue weighted by atomic mass is 10.7. The van der Waals surface area contributed by atoms with E-state index in [-0.39, 0.29) is 12.0 Å². The molecule has 2 aromatic rings. The van der Waals surface area contributed by atoms with Crippen LogP contribution in [-0.2, 0) is 7.05 Å². The molecule has 0 bridgehead atoms. The molecule has 0 atom stereocenters. The van der Waals surface area contributed by atoms with Crippen LogP contribution >= 0.6 is 11.8 Å². The fourth-order valence-corrected chi connectivity index (χ4v) is 1.83. The van der Waals surface area contributed by atoms with Crippen LogP contribution in [0.3, 0.4) is 0 Å². The van der Waals surface area contributed by atoms with E-state index in [0.717, 1.165) is 4.90 Å². The number of nitrogens with two attached hydrogens (primary N) is 1. The monoisotopic (exact) mass is 238 g/mol. The summed E-state index contributed by atoms with van der Waals surface area (Å²) in [6.07, 6.45) is 3.58. The van der Waals surface area contributed by atoms with Gasteiger partial charge in [0.25, 0.3) is 0 Å². The van der Waals surface area contributed by atoms with Crippen molar-refractivity contribution in [3.05, 3.63) is 12.4 Å². The SMILES string of the molecule is COc1nc(N)nc(Sc2cnn(C)c2)n1. The molecular formula is C8H10N6OS. The lowest BCUT2D eigenvalue weighted by Crippen LogP contribution is -2.01. The zero-order chi connectivity index (χ0) is 11.5. The fourth-order valence-electron chi connectivity index (χ4n) is 1.05. The minimum atomic E-state index is 0.137. The van der Waals surface area contributed by atoms with Gasteiger partial charge in [0.2, 0.25) is 11.1 Å². The molecule has 8 heteroatoms. The molecule has 0 aliphatic heterocycles. The highest BCUT2D eigenvalue weighted by molar-refractivity contribution is 7.99. The Labute approximate surface area is 96.1 Å². The number of nitrogens with zero attached hydrogens (tertiary/aromatic N) is 5. The normalized spacial score (nSPS) is 10.4. The van der Waals surface area contributed by atoms with Gasteiger partial charge in [-0.15, -0.1) is 0 Å². The Hall–Kier alpha value is -1.83. The quantitative estimate of drug-likeness (QED) is 0.824. The second kappa shape index (κ2) is 4.35. The third kappa shape index (κ3) is 2.40. The molecule has 0 saturated carbocycles. The lowest BCUT2D eigenvalue weighted by molar-refractivity contribution is 0.374.